The van der Waals surface area contributed by atoms with Gasteiger partial charge in [0.2, 0.25) is 5.91 Å². The fraction of sp³-hybridized carbons (Fsp3) is 0.263. The minimum atomic E-state index is -0.176. The van der Waals surface area contributed by atoms with Crippen molar-refractivity contribution >= 4 is 17.5 Å². The van der Waals surface area contributed by atoms with Crippen LogP contribution < -0.4 is 15.0 Å². The van der Waals surface area contributed by atoms with Crippen molar-refractivity contribution < 1.29 is 14.3 Å². The molecule has 0 saturated heterocycles. The third-order valence-corrected chi connectivity index (χ3v) is 3.67. The third-order valence-electron chi connectivity index (χ3n) is 3.67. The standard InChI is InChI=1S/C19H22N2O3/c1-14-5-4-6-17(13-14)21(15(2)22)12-11-20-19(23)16-7-9-18(24-3)10-8-16/h4-10,13H,11-12H2,1-3H3,(H,20,23). The largest absolute Gasteiger partial charge is 0.497 e. The summed E-state index contributed by atoms with van der Waals surface area (Å²) in [5.74, 6) is 0.471. The van der Waals surface area contributed by atoms with Gasteiger partial charge < -0.3 is 15.0 Å². The summed E-state index contributed by atoms with van der Waals surface area (Å²) < 4.78 is 5.07. The molecule has 0 bridgehead atoms. The molecule has 0 aliphatic carbocycles. The zero-order chi connectivity index (χ0) is 17.5. The number of aryl methyl sites for hydroxylation is 1. The number of methoxy groups -OCH3 is 1. The summed E-state index contributed by atoms with van der Waals surface area (Å²) in [6.45, 7) is 4.29. The topological polar surface area (TPSA) is 58.6 Å². The number of carbonyl (C=O) groups is 2. The minimum absolute atomic E-state index is 0.0562. The number of anilines is 1. The Morgan fingerprint density at radius 3 is 2.42 bits per heavy atom. The van der Waals surface area contributed by atoms with Gasteiger partial charge in [0.05, 0.1) is 7.11 Å². The van der Waals surface area contributed by atoms with E-state index in [1.807, 2.05) is 31.2 Å². The summed E-state index contributed by atoms with van der Waals surface area (Å²) in [7, 11) is 1.58. The van der Waals surface area contributed by atoms with Gasteiger partial charge >= 0.3 is 0 Å². The Morgan fingerprint density at radius 1 is 1.12 bits per heavy atom. The Morgan fingerprint density at radius 2 is 1.83 bits per heavy atom. The first-order chi connectivity index (χ1) is 11.5. The molecule has 0 radical (unpaired) electrons. The van der Waals surface area contributed by atoms with Gasteiger partial charge in [-0.15, -0.1) is 0 Å². The van der Waals surface area contributed by atoms with Crippen molar-refractivity contribution in [2.24, 2.45) is 0 Å². The minimum Gasteiger partial charge on any atom is -0.497 e. The van der Waals surface area contributed by atoms with Gasteiger partial charge in [-0.2, -0.15) is 0 Å². The number of hydrogen-bond donors (Lipinski definition) is 1. The van der Waals surface area contributed by atoms with Gasteiger partial charge in [-0.05, 0) is 48.9 Å². The molecule has 0 atom stereocenters. The molecule has 126 valence electrons. The van der Waals surface area contributed by atoms with Crippen molar-refractivity contribution in [2.45, 2.75) is 13.8 Å². The van der Waals surface area contributed by atoms with Crippen molar-refractivity contribution in [3.63, 3.8) is 0 Å². The predicted octanol–water partition coefficient (Wildman–Crippen LogP) is 2.79. The maximum Gasteiger partial charge on any atom is 0.251 e. The van der Waals surface area contributed by atoms with Crippen LogP contribution in [-0.4, -0.2) is 32.0 Å². The number of benzene rings is 2. The summed E-state index contributed by atoms with van der Waals surface area (Å²) in [4.78, 5) is 25.7. The van der Waals surface area contributed by atoms with E-state index >= 15 is 0 Å². The van der Waals surface area contributed by atoms with E-state index in [1.165, 1.54) is 6.92 Å². The Labute approximate surface area is 142 Å². The Kier molecular flexibility index (Phi) is 5.95. The summed E-state index contributed by atoms with van der Waals surface area (Å²) in [6.07, 6.45) is 0. The second-order valence-electron chi connectivity index (χ2n) is 5.49. The van der Waals surface area contributed by atoms with Gasteiger partial charge in [-0.25, -0.2) is 0 Å². The number of nitrogens with one attached hydrogen (secondary N) is 1. The number of rotatable bonds is 6. The number of carbonyl (C=O) groups excluding carboxylic acids is 2. The van der Waals surface area contributed by atoms with Crippen LogP contribution >= 0.6 is 0 Å². The number of amides is 2. The normalized spacial score (nSPS) is 10.1. The molecule has 2 rings (SSSR count). The van der Waals surface area contributed by atoms with Crippen molar-refractivity contribution in [1.82, 2.24) is 5.32 Å². The van der Waals surface area contributed by atoms with E-state index in [0.29, 0.717) is 24.4 Å². The second kappa shape index (κ2) is 8.15. The average Bonchev–Trinajstić information content (AvgIpc) is 2.58. The van der Waals surface area contributed by atoms with Crippen LogP contribution in [0.1, 0.15) is 22.8 Å². The molecule has 0 heterocycles. The fourth-order valence-electron chi connectivity index (χ4n) is 2.39. The van der Waals surface area contributed by atoms with Crippen LogP contribution in [0.15, 0.2) is 48.5 Å². The monoisotopic (exact) mass is 326 g/mol. The lowest BCUT2D eigenvalue weighted by molar-refractivity contribution is -0.116. The first kappa shape index (κ1) is 17.5. The first-order valence-corrected chi connectivity index (χ1v) is 7.78. The molecule has 0 fully saturated rings. The molecule has 5 heteroatoms. The number of ether oxygens (including phenoxy) is 1. The number of nitrogens with zero attached hydrogens (tertiary/aromatic N) is 1. The lowest BCUT2D eigenvalue weighted by Crippen LogP contribution is -2.37. The van der Waals surface area contributed by atoms with E-state index in [-0.39, 0.29) is 11.8 Å². The zero-order valence-electron chi connectivity index (χ0n) is 14.2. The molecule has 24 heavy (non-hydrogen) atoms. The predicted molar refractivity (Wildman–Crippen MR) is 94.5 cm³/mol. The quantitative estimate of drug-likeness (QED) is 0.888. The molecule has 0 spiro atoms. The van der Waals surface area contributed by atoms with Crippen LogP contribution in [0, 0.1) is 6.92 Å². The molecule has 1 N–H and O–H groups in total. The Balaban J connectivity index is 1.95. The van der Waals surface area contributed by atoms with Crippen molar-refractivity contribution in [3.8, 4) is 5.75 Å². The van der Waals surface area contributed by atoms with Gasteiger partial charge in [0.1, 0.15) is 5.75 Å². The van der Waals surface area contributed by atoms with E-state index in [9.17, 15) is 9.59 Å². The van der Waals surface area contributed by atoms with Crippen LogP contribution in [-0.2, 0) is 4.79 Å². The third kappa shape index (κ3) is 4.59. The molecule has 0 aromatic heterocycles. The highest BCUT2D eigenvalue weighted by molar-refractivity contribution is 5.94. The molecule has 0 unspecified atom stereocenters. The summed E-state index contributed by atoms with van der Waals surface area (Å²) in [6, 6.07) is 14.6. The van der Waals surface area contributed by atoms with Crippen LogP contribution in [0.3, 0.4) is 0 Å². The maximum absolute atomic E-state index is 12.1. The van der Waals surface area contributed by atoms with E-state index in [4.69, 9.17) is 4.74 Å². The first-order valence-electron chi connectivity index (χ1n) is 7.78. The molecule has 0 saturated carbocycles. The van der Waals surface area contributed by atoms with Crippen LogP contribution in [0.2, 0.25) is 0 Å². The highest BCUT2D eigenvalue weighted by Crippen LogP contribution is 2.16. The van der Waals surface area contributed by atoms with Crippen LogP contribution in [0.5, 0.6) is 5.75 Å². The molecule has 5 nitrogen and oxygen atoms in total. The molecule has 0 aliphatic heterocycles. The zero-order valence-corrected chi connectivity index (χ0v) is 14.2. The van der Waals surface area contributed by atoms with Gasteiger partial charge in [0, 0.05) is 31.3 Å². The van der Waals surface area contributed by atoms with Crippen LogP contribution in [0.25, 0.3) is 0 Å². The molecule has 2 aromatic carbocycles. The average molecular weight is 326 g/mol. The molecular formula is C19H22N2O3. The lowest BCUT2D eigenvalue weighted by Gasteiger charge is -2.21. The Hall–Kier alpha value is -2.82. The van der Waals surface area contributed by atoms with E-state index in [2.05, 4.69) is 5.32 Å². The fourth-order valence-corrected chi connectivity index (χ4v) is 2.39. The molecule has 2 aromatic rings. The van der Waals surface area contributed by atoms with E-state index in [1.54, 1.807) is 36.3 Å². The van der Waals surface area contributed by atoms with Gasteiger partial charge in [-0.1, -0.05) is 12.1 Å². The summed E-state index contributed by atoms with van der Waals surface area (Å²) in [5.41, 5.74) is 2.47. The number of hydrogen-bond acceptors (Lipinski definition) is 3. The molecule has 2 amide bonds. The maximum atomic E-state index is 12.1. The highest BCUT2D eigenvalue weighted by Gasteiger charge is 2.12. The highest BCUT2D eigenvalue weighted by atomic mass is 16.5. The molecular weight excluding hydrogens is 304 g/mol. The van der Waals surface area contributed by atoms with Crippen LogP contribution in [0.4, 0.5) is 5.69 Å². The van der Waals surface area contributed by atoms with Crippen molar-refractivity contribution in [3.05, 3.63) is 59.7 Å². The second-order valence-corrected chi connectivity index (χ2v) is 5.49. The SMILES string of the molecule is COc1ccc(C(=O)NCCN(C(C)=O)c2cccc(C)c2)cc1. The smallest absolute Gasteiger partial charge is 0.251 e. The van der Waals surface area contributed by atoms with E-state index < -0.39 is 0 Å². The van der Waals surface area contributed by atoms with E-state index in [0.717, 1.165) is 11.3 Å². The Bertz CT molecular complexity index is 711. The van der Waals surface area contributed by atoms with Gasteiger partial charge in [0.15, 0.2) is 0 Å². The van der Waals surface area contributed by atoms with Gasteiger partial charge in [-0.3, -0.25) is 9.59 Å². The van der Waals surface area contributed by atoms with Gasteiger partial charge in [0.25, 0.3) is 5.91 Å². The summed E-state index contributed by atoms with van der Waals surface area (Å²) >= 11 is 0. The van der Waals surface area contributed by atoms with Crippen molar-refractivity contribution in [2.75, 3.05) is 25.1 Å². The summed E-state index contributed by atoms with van der Waals surface area (Å²) in [5, 5.41) is 2.83. The molecule has 0 aliphatic rings. The lowest BCUT2D eigenvalue weighted by atomic mass is 10.2. The van der Waals surface area contributed by atoms with Crippen molar-refractivity contribution in [1.29, 1.82) is 0 Å².